The molecule has 0 amide bonds. The summed E-state index contributed by atoms with van der Waals surface area (Å²) in [6.45, 7) is 4.55. The topological polar surface area (TPSA) is 79.9 Å². The number of hydrogen-bond donors (Lipinski definition) is 3. The summed E-state index contributed by atoms with van der Waals surface area (Å²) in [4.78, 5) is 4.30. The maximum Gasteiger partial charge on any atom is 0.193 e. The van der Waals surface area contributed by atoms with Gasteiger partial charge in [-0.15, -0.1) is 24.0 Å². The predicted molar refractivity (Wildman–Crippen MR) is 110 cm³/mol. The SMILES string of the molecule is COc1cccc(CCN=C(N)Nc2cc(C)cc(C)c2)c1O.I. The normalized spacial score (nSPS) is 10.9. The highest BCUT2D eigenvalue weighted by Gasteiger charge is 2.06. The molecule has 0 fully saturated rings. The Hall–Kier alpha value is -1.96. The maximum absolute atomic E-state index is 10.0. The molecule has 4 N–H and O–H groups in total. The average Bonchev–Trinajstić information content (AvgIpc) is 2.48. The summed E-state index contributed by atoms with van der Waals surface area (Å²) < 4.78 is 5.09. The highest BCUT2D eigenvalue weighted by atomic mass is 127. The van der Waals surface area contributed by atoms with Crippen molar-refractivity contribution in [2.45, 2.75) is 20.3 Å². The number of anilines is 1. The fourth-order valence-corrected chi connectivity index (χ4v) is 2.47. The van der Waals surface area contributed by atoms with E-state index >= 15 is 0 Å². The lowest BCUT2D eigenvalue weighted by Crippen LogP contribution is -2.23. The molecular formula is C18H24IN3O2. The van der Waals surface area contributed by atoms with Crippen molar-refractivity contribution in [2.75, 3.05) is 19.0 Å². The van der Waals surface area contributed by atoms with Gasteiger partial charge in [-0.1, -0.05) is 18.2 Å². The number of rotatable bonds is 5. The Balaban J connectivity index is 0.00000288. The van der Waals surface area contributed by atoms with E-state index in [0.717, 1.165) is 11.3 Å². The second-order valence-corrected chi connectivity index (χ2v) is 5.49. The molecule has 0 bridgehead atoms. The van der Waals surface area contributed by atoms with Crippen molar-refractivity contribution >= 4 is 35.6 Å². The van der Waals surface area contributed by atoms with Crippen molar-refractivity contribution in [1.29, 1.82) is 0 Å². The zero-order valence-corrected chi connectivity index (χ0v) is 16.5. The van der Waals surface area contributed by atoms with Crippen molar-refractivity contribution in [2.24, 2.45) is 10.7 Å². The molecule has 0 heterocycles. The molecule has 0 unspecified atom stereocenters. The number of hydrogen-bond acceptors (Lipinski definition) is 3. The average molecular weight is 441 g/mol. The minimum Gasteiger partial charge on any atom is -0.504 e. The largest absolute Gasteiger partial charge is 0.504 e. The number of para-hydroxylation sites is 1. The first-order valence-corrected chi connectivity index (χ1v) is 7.49. The van der Waals surface area contributed by atoms with E-state index < -0.39 is 0 Å². The number of ether oxygens (including phenoxy) is 1. The highest BCUT2D eigenvalue weighted by molar-refractivity contribution is 14.0. The number of benzene rings is 2. The molecule has 0 spiro atoms. The lowest BCUT2D eigenvalue weighted by atomic mass is 10.1. The van der Waals surface area contributed by atoms with E-state index in [1.807, 2.05) is 38.1 Å². The Morgan fingerprint density at radius 2 is 1.88 bits per heavy atom. The molecule has 0 saturated heterocycles. The van der Waals surface area contributed by atoms with Crippen LogP contribution in [0.25, 0.3) is 0 Å². The molecule has 2 aromatic rings. The minimum absolute atomic E-state index is 0. The Bertz CT molecular complexity index is 697. The van der Waals surface area contributed by atoms with Gasteiger partial charge in [0, 0.05) is 12.2 Å². The molecule has 24 heavy (non-hydrogen) atoms. The number of phenolic OH excluding ortho intramolecular Hbond substituents is 1. The minimum atomic E-state index is 0. The fraction of sp³-hybridized carbons (Fsp3) is 0.278. The summed E-state index contributed by atoms with van der Waals surface area (Å²) in [6.07, 6.45) is 0.582. The van der Waals surface area contributed by atoms with Gasteiger partial charge >= 0.3 is 0 Å². The van der Waals surface area contributed by atoms with Crippen LogP contribution in [0, 0.1) is 13.8 Å². The summed E-state index contributed by atoms with van der Waals surface area (Å²) in [5, 5.41) is 13.1. The number of phenols is 1. The number of methoxy groups -OCH3 is 1. The summed E-state index contributed by atoms with van der Waals surface area (Å²) in [7, 11) is 1.53. The third kappa shape index (κ3) is 5.59. The van der Waals surface area contributed by atoms with E-state index in [-0.39, 0.29) is 29.7 Å². The molecule has 130 valence electrons. The molecule has 5 nitrogen and oxygen atoms in total. The van der Waals surface area contributed by atoms with Crippen LogP contribution in [0.1, 0.15) is 16.7 Å². The van der Waals surface area contributed by atoms with Gasteiger partial charge in [-0.3, -0.25) is 4.99 Å². The molecule has 0 atom stereocenters. The van der Waals surface area contributed by atoms with Crippen LogP contribution in [0.5, 0.6) is 11.5 Å². The fourth-order valence-electron chi connectivity index (χ4n) is 2.47. The number of nitrogens with zero attached hydrogens (tertiary/aromatic N) is 1. The second kappa shape index (κ2) is 9.36. The number of aliphatic imine (C=N–C) groups is 1. The predicted octanol–water partition coefficient (Wildman–Crippen LogP) is 3.60. The van der Waals surface area contributed by atoms with Crippen LogP contribution < -0.4 is 15.8 Å². The van der Waals surface area contributed by atoms with Gasteiger partial charge in [0.05, 0.1) is 7.11 Å². The van der Waals surface area contributed by atoms with Crippen molar-refractivity contribution < 1.29 is 9.84 Å². The standard InChI is InChI=1S/C18H23N3O2.HI/c1-12-9-13(2)11-15(10-12)21-18(19)20-8-7-14-5-4-6-16(23-3)17(14)22;/h4-6,9-11,22H,7-8H2,1-3H3,(H3,19,20,21);1H. The van der Waals surface area contributed by atoms with E-state index in [9.17, 15) is 5.11 Å². The Morgan fingerprint density at radius 3 is 2.50 bits per heavy atom. The maximum atomic E-state index is 10.0. The number of nitrogens with two attached hydrogens (primary N) is 1. The van der Waals surface area contributed by atoms with Gasteiger partial charge in [0.1, 0.15) is 0 Å². The molecule has 0 aliphatic rings. The quantitative estimate of drug-likeness (QED) is 0.376. The van der Waals surface area contributed by atoms with E-state index in [2.05, 4.69) is 16.4 Å². The monoisotopic (exact) mass is 441 g/mol. The van der Waals surface area contributed by atoms with Crippen LogP contribution in [0.15, 0.2) is 41.4 Å². The van der Waals surface area contributed by atoms with E-state index in [0.29, 0.717) is 24.7 Å². The lowest BCUT2D eigenvalue weighted by molar-refractivity contribution is 0.370. The molecular weight excluding hydrogens is 417 g/mol. The van der Waals surface area contributed by atoms with Crippen LogP contribution in [0.3, 0.4) is 0 Å². The summed E-state index contributed by atoms with van der Waals surface area (Å²) in [5.41, 5.74) is 9.96. The lowest BCUT2D eigenvalue weighted by Gasteiger charge is -2.09. The number of guanidine groups is 1. The Morgan fingerprint density at radius 1 is 1.21 bits per heavy atom. The molecule has 0 saturated carbocycles. The molecule has 0 aliphatic heterocycles. The first-order valence-electron chi connectivity index (χ1n) is 7.49. The second-order valence-electron chi connectivity index (χ2n) is 5.49. The smallest absolute Gasteiger partial charge is 0.193 e. The van der Waals surface area contributed by atoms with Gasteiger partial charge in [0.25, 0.3) is 0 Å². The van der Waals surface area contributed by atoms with Crippen LogP contribution in [0.2, 0.25) is 0 Å². The highest BCUT2D eigenvalue weighted by Crippen LogP contribution is 2.29. The van der Waals surface area contributed by atoms with Crippen LogP contribution in [-0.4, -0.2) is 24.7 Å². The number of nitrogens with one attached hydrogen (secondary N) is 1. The van der Waals surface area contributed by atoms with Gasteiger partial charge < -0.3 is 20.9 Å². The Labute approximate surface area is 160 Å². The van der Waals surface area contributed by atoms with Gasteiger partial charge in [-0.25, -0.2) is 0 Å². The third-order valence-corrected chi connectivity index (χ3v) is 3.46. The molecule has 0 aromatic heterocycles. The van der Waals surface area contributed by atoms with Crippen LogP contribution in [0.4, 0.5) is 5.69 Å². The first kappa shape index (κ1) is 20.1. The van der Waals surface area contributed by atoms with Crippen molar-refractivity contribution in [3.05, 3.63) is 53.1 Å². The van der Waals surface area contributed by atoms with Gasteiger partial charge in [0.15, 0.2) is 17.5 Å². The zero-order valence-electron chi connectivity index (χ0n) is 14.2. The van der Waals surface area contributed by atoms with Crippen molar-refractivity contribution in [1.82, 2.24) is 0 Å². The zero-order chi connectivity index (χ0) is 16.8. The first-order chi connectivity index (χ1) is 11.0. The van der Waals surface area contributed by atoms with Crippen LogP contribution in [-0.2, 0) is 6.42 Å². The van der Waals surface area contributed by atoms with Gasteiger partial charge in [-0.2, -0.15) is 0 Å². The van der Waals surface area contributed by atoms with Gasteiger partial charge in [-0.05, 0) is 55.2 Å². The molecule has 0 radical (unpaired) electrons. The van der Waals surface area contributed by atoms with E-state index in [1.165, 1.54) is 18.2 Å². The van der Waals surface area contributed by atoms with Crippen molar-refractivity contribution in [3.8, 4) is 11.5 Å². The number of aryl methyl sites for hydroxylation is 2. The van der Waals surface area contributed by atoms with E-state index in [1.54, 1.807) is 6.07 Å². The van der Waals surface area contributed by atoms with Crippen LogP contribution >= 0.6 is 24.0 Å². The molecule has 6 heteroatoms. The molecule has 2 aromatic carbocycles. The molecule has 2 rings (SSSR count). The summed E-state index contributed by atoms with van der Waals surface area (Å²) >= 11 is 0. The molecule has 0 aliphatic carbocycles. The number of halogens is 1. The summed E-state index contributed by atoms with van der Waals surface area (Å²) in [6, 6.07) is 11.5. The van der Waals surface area contributed by atoms with E-state index in [4.69, 9.17) is 10.5 Å². The van der Waals surface area contributed by atoms with Gasteiger partial charge in [0.2, 0.25) is 0 Å². The number of aromatic hydroxyl groups is 1. The summed E-state index contributed by atoms with van der Waals surface area (Å²) in [5.74, 6) is 0.983. The van der Waals surface area contributed by atoms with Crippen molar-refractivity contribution in [3.63, 3.8) is 0 Å². The third-order valence-electron chi connectivity index (χ3n) is 3.46. The Kier molecular flexibility index (Phi) is 7.84.